The number of ether oxygens (including phenoxy) is 1. The summed E-state index contributed by atoms with van der Waals surface area (Å²) in [6.45, 7) is 5.28. The van der Waals surface area contributed by atoms with Crippen LogP contribution in [0.4, 0.5) is 0 Å². The van der Waals surface area contributed by atoms with E-state index in [2.05, 4.69) is 25.2 Å². The van der Waals surface area contributed by atoms with Crippen LogP contribution in [-0.4, -0.2) is 14.2 Å². The van der Waals surface area contributed by atoms with E-state index in [4.69, 9.17) is 4.74 Å². The Bertz CT molecular complexity index is 294. The van der Waals surface area contributed by atoms with Crippen molar-refractivity contribution in [1.29, 1.82) is 0 Å². The van der Waals surface area contributed by atoms with E-state index in [-0.39, 0.29) is 0 Å². The lowest BCUT2D eigenvalue weighted by Gasteiger charge is -2.16. The van der Waals surface area contributed by atoms with Crippen LogP contribution in [0.5, 0.6) is 5.75 Å². The van der Waals surface area contributed by atoms with E-state index in [1.54, 1.807) is 7.11 Å². The zero-order valence-corrected chi connectivity index (χ0v) is 9.42. The van der Waals surface area contributed by atoms with Crippen LogP contribution in [-0.2, 0) is 6.54 Å². The predicted molar refractivity (Wildman–Crippen MR) is 59.8 cm³/mol. The Labute approximate surface area is 86.3 Å². The van der Waals surface area contributed by atoms with Crippen molar-refractivity contribution in [3.63, 3.8) is 0 Å². The second-order valence-corrected chi connectivity index (χ2v) is 3.72. The van der Waals surface area contributed by atoms with E-state index in [9.17, 15) is 0 Å². The highest BCUT2D eigenvalue weighted by Gasteiger charge is 2.11. The first-order valence-corrected chi connectivity index (χ1v) is 5.01. The van der Waals surface area contributed by atoms with Gasteiger partial charge in [0, 0.05) is 12.1 Å². The Kier molecular flexibility index (Phi) is 3.96. The highest BCUT2D eigenvalue weighted by atomic mass is 16.5. The smallest absolute Gasteiger partial charge is 0.122 e. The van der Waals surface area contributed by atoms with Crippen molar-refractivity contribution in [2.24, 2.45) is 0 Å². The molecule has 0 spiro atoms. The molecule has 0 unspecified atom stereocenters. The first kappa shape index (κ1) is 11.1. The van der Waals surface area contributed by atoms with Gasteiger partial charge in [-0.15, -0.1) is 0 Å². The molecule has 0 saturated heterocycles. The summed E-state index contributed by atoms with van der Waals surface area (Å²) in [5, 5.41) is 3.18. The number of nitrogens with one attached hydrogen (secondary N) is 1. The summed E-state index contributed by atoms with van der Waals surface area (Å²) in [5.74, 6) is 1.49. The van der Waals surface area contributed by atoms with Gasteiger partial charge in [-0.05, 0) is 24.6 Å². The van der Waals surface area contributed by atoms with Gasteiger partial charge in [0.2, 0.25) is 0 Å². The van der Waals surface area contributed by atoms with E-state index < -0.39 is 0 Å². The summed E-state index contributed by atoms with van der Waals surface area (Å²) in [7, 11) is 3.69. The molecule has 0 fully saturated rings. The molecule has 1 N–H and O–H groups in total. The standard InChI is InChI=1S/C12H19NO/c1-9(2)12-10(8-13-3)6-5-7-11(12)14-4/h5-7,9,13H,8H2,1-4H3. The lowest BCUT2D eigenvalue weighted by molar-refractivity contribution is 0.406. The maximum atomic E-state index is 5.37. The van der Waals surface area contributed by atoms with Crippen molar-refractivity contribution >= 4 is 0 Å². The topological polar surface area (TPSA) is 21.3 Å². The minimum atomic E-state index is 0.495. The van der Waals surface area contributed by atoms with Crippen LogP contribution in [0.2, 0.25) is 0 Å². The van der Waals surface area contributed by atoms with Crippen LogP contribution in [0.3, 0.4) is 0 Å². The molecule has 1 aromatic rings. The summed E-state index contributed by atoms with van der Waals surface area (Å²) >= 11 is 0. The second-order valence-electron chi connectivity index (χ2n) is 3.72. The van der Waals surface area contributed by atoms with Crippen molar-refractivity contribution in [3.8, 4) is 5.75 Å². The largest absolute Gasteiger partial charge is 0.496 e. The van der Waals surface area contributed by atoms with Gasteiger partial charge in [0.05, 0.1) is 7.11 Å². The van der Waals surface area contributed by atoms with Gasteiger partial charge in [0.15, 0.2) is 0 Å². The molecule has 0 amide bonds. The van der Waals surface area contributed by atoms with Crippen LogP contribution < -0.4 is 10.1 Å². The van der Waals surface area contributed by atoms with Crippen LogP contribution in [0.15, 0.2) is 18.2 Å². The van der Waals surface area contributed by atoms with Gasteiger partial charge in [-0.2, -0.15) is 0 Å². The lowest BCUT2D eigenvalue weighted by Crippen LogP contribution is -2.09. The molecule has 0 bridgehead atoms. The Hall–Kier alpha value is -1.02. The normalized spacial score (nSPS) is 10.6. The molecule has 1 aromatic carbocycles. The van der Waals surface area contributed by atoms with E-state index in [1.807, 2.05) is 19.2 Å². The van der Waals surface area contributed by atoms with Gasteiger partial charge in [-0.25, -0.2) is 0 Å². The van der Waals surface area contributed by atoms with Crippen LogP contribution in [0, 0.1) is 0 Å². The third-order valence-corrected chi connectivity index (χ3v) is 2.32. The van der Waals surface area contributed by atoms with Crippen molar-refractivity contribution in [3.05, 3.63) is 29.3 Å². The maximum Gasteiger partial charge on any atom is 0.122 e. The Balaban J connectivity index is 3.14. The van der Waals surface area contributed by atoms with Gasteiger partial charge < -0.3 is 10.1 Å². The average Bonchev–Trinajstić information content (AvgIpc) is 2.17. The molecule has 0 atom stereocenters. The fourth-order valence-electron chi connectivity index (χ4n) is 1.77. The zero-order chi connectivity index (χ0) is 10.6. The molecular weight excluding hydrogens is 174 g/mol. The minimum absolute atomic E-state index is 0.495. The maximum absolute atomic E-state index is 5.37. The Morgan fingerprint density at radius 2 is 2.07 bits per heavy atom. The molecule has 2 heteroatoms. The van der Waals surface area contributed by atoms with Gasteiger partial charge in [-0.1, -0.05) is 26.0 Å². The average molecular weight is 193 g/mol. The molecule has 0 aromatic heterocycles. The molecular formula is C12H19NO. The van der Waals surface area contributed by atoms with Crippen LogP contribution in [0.1, 0.15) is 30.9 Å². The summed E-state index contributed by atoms with van der Waals surface area (Å²) in [6, 6.07) is 6.21. The first-order valence-electron chi connectivity index (χ1n) is 5.01. The summed E-state index contributed by atoms with van der Waals surface area (Å²) < 4.78 is 5.37. The monoisotopic (exact) mass is 193 g/mol. The number of rotatable bonds is 4. The molecule has 78 valence electrons. The van der Waals surface area contributed by atoms with Gasteiger partial charge in [0.1, 0.15) is 5.75 Å². The lowest BCUT2D eigenvalue weighted by atomic mass is 9.96. The Morgan fingerprint density at radius 1 is 1.36 bits per heavy atom. The third kappa shape index (κ3) is 2.26. The molecule has 0 heterocycles. The highest BCUT2D eigenvalue weighted by Crippen LogP contribution is 2.29. The summed E-state index contributed by atoms with van der Waals surface area (Å²) in [4.78, 5) is 0. The van der Waals surface area contributed by atoms with E-state index in [1.165, 1.54) is 11.1 Å². The molecule has 1 rings (SSSR count). The summed E-state index contributed by atoms with van der Waals surface area (Å²) in [6.07, 6.45) is 0. The summed E-state index contributed by atoms with van der Waals surface area (Å²) in [5.41, 5.74) is 2.63. The van der Waals surface area contributed by atoms with Gasteiger partial charge >= 0.3 is 0 Å². The van der Waals surface area contributed by atoms with E-state index in [0.717, 1.165) is 12.3 Å². The molecule has 2 nitrogen and oxygen atoms in total. The first-order chi connectivity index (χ1) is 6.70. The van der Waals surface area contributed by atoms with Gasteiger partial charge in [-0.3, -0.25) is 0 Å². The highest BCUT2D eigenvalue weighted by molar-refractivity contribution is 5.42. The fraction of sp³-hybridized carbons (Fsp3) is 0.500. The SMILES string of the molecule is CNCc1cccc(OC)c1C(C)C. The van der Waals surface area contributed by atoms with Gasteiger partial charge in [0.25, 0.3) is 0 Å². The number of methoxy groups -OCH3 is 1. The molecule has 0 radical (unpaired) electrons. The molecule has 14 heavy (non-hydrogen) atoms. The third-order valence-electron chi connectivity index (χ3n) is 2.32. The number of hydrogen-bond donors (Lipinski definition) is 1. The predicted octanol–water partition coefficient (Wildman–Crippen LogP) is 2.54. The second kappa shape index (κ2) is 5.01. The molecule has 0 aliphatic carbocycles. The molecule has 0 saturated carbocycles. The van der Waals surface area contributed by atoms with Crippen LogP contribution >= 0.6 is 0 Å². The Morgan fingerprint density at radius 3 is 2.57 bits per heavy atom. The van der Waals surface area contributed by atoms with E-state index in [0.29, 0.717) is 5.92 Å². The molecule has 0 aliphatic rings. The van der Waals surface area contributed by atoms with E-state index >= 15 is 0 Å². The molecule has 0 aliphatic heterocycles. The number of hydrogen-bond acceptors (Lipinski definition) is 2. The van der Waals surface area contributed by atoms with Crippen molar-refractivity contribution in [2.45, 2.75) is 26.3 Å². The minimum Gasteiger partial charge on any atom is -0.496 e. The van der Waals surface area contributed by atoms with Crippen molar-refractivity contribution in [2.75, 3.05) is 14.2 Å². The van der Waals surface area contributed by atoms with Crippen molar-refractivity contribution < 1.29 is 4.74 Å². The van der Waals surface area contributed by atoms with Crippen molar-refractivity contribution in [1.82, 2.24) is 5.32 Å². The fourth-order valence-corrected chi connectivity index (χ4v) is 1.77. The van der Waals surface area contributed by atoms with Crippen LogP contribution in [0.25, 0.3) is 0 Å². The quantitative estimate of drug-likeness (QED) is 0.793. The zero-order valence-electron chi connectivity index (χ0n) is 9.42. The number of benzene rings is 1.